The van der Waals surface area contributed by atoms with Crippen molar-refractivity contribution in [3.8, 4) is 0 Å². The topological polar surface area (TPSA) is 58.8 Å². The Bertz CT molecular complexity index is 533. The first-order chi connectivity index (χ1) is 10.8. The number of hydrogen-bond acceptors (Lipinski definition) is 4. The van der Waals surface area contributed by atoms with E-state index in [-0.39, 0.29) is 11.3 Å². The lowest BCUT2D eigenvalue weighted by Gasteiger charge is -2.33. The van der Waals surface area contributed by atoms with Crippen molar-refractivity contribution in [3.63, 3.8) is 0 Å². The average Bonchev–Trinajstić information content (AvgIpc) is 2.54. The first kappa shape index (κ1) is 17.8. The maximum atomic E-state index is 12.5. The lowest BCUT2D eigenvalue weighted by Crippen LogP contribution is -2.49. The maximum Gasteiger partial charge on any atom is 0.240 e. The lowest BCUT2D eigenvalue weighted by atomic mass is 9.86. The van der Waals surface area contributed by atoms with Crippen LogP contribution in [-0.4, -0.2) is 50.2 Å². The molecule has 0 unspecified atom stereocenters. The molecule has 1 aliphatic rings. The molecule has 0 saturated carbocycles. The Hall–Kier alpha value is -1.59. The first-order valence-corrected chi connectivity index (χ1v) is 8.22. The van der Waals surface area contributed by atoms with Gasteiger partial charge in [0.15, 0.2) is 0 Å². The summed E-state index contributed by atoms with van der Waals surface area (Å²) in [6.45, 7) is 9.81. The Morgan fingerprint density at radius 2 is 1.91 bits per heavy atom. The van der Waals surface area contributed by atoms with Crippen molar-refractivity contribution in [2.24, 2.45) is 11.1 Å². The van der Waals surface area contributed by atoms with E-state index in [1.54, 1.807) is 4.90 Å². The highest BCUT2D eigenvalue weighted by Gasteiger charge is 2.30. The number of ether oxygens (including phenoxy) is 1. The Balaban J connectivity index is 2.12. The Morgan fingerprint density at radius 1 is 1.30 bits per heavy atom. The van der Waals surface area contributed by atoms with Crippen molar-refractivity contribution in [1.82, 2.24) is 4.90 Å². The number of hydrogen-bond donors (Lipinski definition) is 1. The van der Waals surface area contributed by atoms with E-state index in [0.717, 1.165) is 31.9 Å². The predicted molar refractivity (Wildman–Crippen MR) is 93.4 cm³/mol. The van der Waals surface area contributed by atoms with Gasteiger partial charge in [-0.3, -0.25) is 4.79 Å². The number of amides is 1. The van der Waals surface area contributed by atoms with Crippen LogP contribution >= 0.6 is 0 Å². The van der Waals surface area contributed by atoms with Gasteiger partial charge >= 0.3 is 0 Å². The van der Waals surface area contributed by atoms with Crippen LogP contribution in [0, 0.1) is 5.41 Å². The number of rotatable bonds is 4. The van der Waals surface area contributed by atoms with Gasteiger partial charge in [-0.05, 0) is 17.0 Å². The summed E-state index contributed by atoms with van der Waals surface area (Å²) in [5, 5.41) is 0. The summed E-state index contributed by atoms with van der Waals surface area (Å²) < 4.78 is 5.43. The number of carbonyl (C=O) groups is 1. The van der Waals surface area contributed by atoms with Crippen LogP contribution in [-0.2, 0) is 16.1 Å². The van der Waals surface area contributed by atoms with Gasteiger partial charge in [-0.15, -0.1) is 0 Å². The third kappa shape index (κ3) is 4.45. The summed E-state index contributed by atoms with van der Waals surface area (Å²) in [5.41, 5.74) is 8.20. The monoisotopic (exact) mass is 319 g/mol. The molecule has 0 aliphatic carbocycles. The molecule has 1 fully saturated rings. The molecule has 1 amide bonds. The van der Waals surface area contributed by atoms with Gasteiger partial charge in [-0.2, -0.15) is 0 Å². The molecule has 23 heavy (non-hydrogen) atoms. The quantitative estimate of drug-likeness (QED) is 0.920. The lowest BCUT2D eigenvalue weighted by molar-refractivity contribution is -0.134. The van der Waals surface area contributed by atoms with Crippen molar-refractivity contribution in [2.75, 3.05) is 38.3 Å². The minimum atomic E-state index is -0.497. The summed E-state index contributed by atoms with van der Waals surface area (Å²) >= 11 is 0. The molecule has 2 rings (SSSR count). The van der Waals surface area contributed by atoms with E-state index in [0.29, 0.717) is 6.54 Å². The van der Waals surface area contributed by atoms with Crippen LogP contribution < -0.4 is 10.6 Å². The molecule has 0 aromatic heterocycles. The number of para-hydroxylation sites is 1. The summed E-state index contributed by atoms with van der Waals surface area (Å²) in [5.74, 6) is -0.0192. The smallest absolute Gasteiger partial charge is 0.240 e. The molecule has 0 spiro atoms. The highest BCUT2D eigenvalue weighted by Crippen LogP contribution is 2.24. The van der Waals surface area contributed by atoms with E-state index in [9.17, 15) is 4.79 Å². The zero-order valence-electron chi connectivity index (χ0n) is 14.7. The van der Waals surface area contributed by atoms with Crippen molar-refractivity contribution < 1.29 is 9.53 Å². The van der Waals surface area contributed by atoms with E-state index in [1.165, 1.54) is 5.69 Å². The highest BCUT2D eigenvalue weighted by atomic mass is 16.5. The zero-order valence-corrected chi connectivity index (χ0v) is 14.7. The second-order valence-electron chi connectivity index (χ2n) is 7.27. The van der Waals surface area contributed by atoms with Crippen molar-refractivity contribution in [3.05, 3.63) is 29.8 Å². The third-order valence-corrected chi connectivity index (χ3v) is 4.33. The van der Waals surface area contributed by atoms with Gasteiger partial charge in [-0.25, -0.2) is 0 Å². The fourth-order valence-corrected chi connectivity index (χ4v) is 2.70. The maximum absolute atomic E-state index is 12.5. The van der Waals surface area contributed by atoms with E-state index >= 15 is 0 Å². The minimum Gasteiger partial charge on any atom is -0.378 e. The van der Waals surface area contributed by atoms with Crippen LogP contribution in [0.1, 0.15) is 26.3 Å². The van der Waals surface area contributed by atoms with Crippen LogP contribution in [0.15, 0.2) is 24.3 Å². The molecule has 5 heteroatoms. The van der Waals surface area contributed by atoms with Gasteiger partial charge in [0.1, 0.15) is 0 Å². The van der Waals surface area contributed by atoms with Crippen molar-refractivity contribution >= 4 is 11.6 Å². The van der Waals surface area contributed by atoms with E-state index in [4.69, 9.17) is 10.5 Å². The number of benzene rings is 1. The van der Waals surface area contributed by atoms with Gasteiger partial charge in [-0.1, -0.05) is 39.0 Å². The summed E-state index contributed by atoms with van der Waals surface area (Å²) in [7, 11) is 1.82. The Labute approximate surface area is 139 Å². The molecule has 2 N–H and O–H groups in total. The zero-order chi connectivity index (χ0) is 17.0. The molecule has 1 saturated heterocycles. The molecule has 1 aliphatic heterocycles. The molecule has 0 bridgehead atoms. The van der Waals surface area contributed by atoms with Gasteiger partial charge in [0.05, 0.1) is 19.3 Å². The van der Waals surface area contributed by atoms with Gasteiger partial charge in [0, 0.05) is 32.4 Å². The standard InChI is InChI=1S/C18H29N3O2/c1-18(2,3)16(19)17(22)20(4)13-14-7-5-6-8-15(14)21-9-11-23-12-10-21/h5-8,16H,9-13,19H2,1-4H3/t16-/m1/s1. The van der Waals surface area contributed by atoms with Crippen molar-refractivity contribution in [2.45, 2.75) is 33.4 Å². The summed E-state index contributed by atoms with van der Waals surface area (Å²) in [6.07, 6.45) is 0. The number of morpholine rings is 1. The van der Waals surface area contributed by atoms with Crippen LogP contribution in [0.5, 0.6) is 0 Å². The molecular weight excluding hydrogens is 290 g/mol. The van der Waals surface area contributed by atoms with Crippen LogP contribution in [0.25, 0.3) is 0 Å². The van der Waals surface area contributed by atoms with Gasteiger partial charge in [0.2, 0.25) is 5.91 Å². The van der Waals surface area contributed by atoms with Crippen molar-refractivity contribution in [1.29, 1.82) is 0 Å². The largest absolute Gasteiger partial charge is 0.378 e. The number of carbonyl (C=O) groups excluding carboxylic acids is 1. The normalized spacial score (nSPS) is 17.0. The fourth-order valence-electron chi connectivity index (χ4n) is 2.70. The second kappa shape index (κ2) is 7.32. The predicted octanol–water partition coefficient (Wildman–Crippen LogP) is 1.85. The number of likely N-dealkylation sites (N-methyl/N-ethyl adjacent to an activating group) is 1. The number of nitrogens with zero attached hydrogens (tertiary/aromatic N) is 2. The average molecular weight is 319 g/mol. The molecular formula is C18H29N3O2. The molecule has 1 aromatic rings. The molecule has 5 nitrogen and oxygen atoms in total. The van der Waals surface area contributed by atoms with E-state index < -0.39 is 6.04 Å². The van der Waals surface area contributed by atoms with Gasteiger partial charge in [0.25, 0.3) is 0 Å². The summed E-state index contributed by atoms with van der Waals surface area (Å²) in [6, 6.07) is 7.75. The van der Waals surface area contributed by atoms with Crippen LogP contribution in [0.4, 0.5) is 5.69 Å². The Kier molecular flexibility index (Phi) is 5.65. The first-order valence-electron chi connectivity index (χ1n) is 8.22. The molecule has 1 heterocycles. The van der Waals surface area contributed by atoms with E-state index in [1.807, 2.05) is 40.0 Å². The minimum absolute atomic E-state index is 0.0192. The van der Waals surface area contributed by atoms with Crippen LogP contribution in [0.3, 0.4) is 0 Å². The molecule has 128 valence electrons. The fraction of sp³-hybridized carbons (Fsp3) is 0.611. The molecule has 1 aromatic carbocycles. The number of anilines is 1. The SMILES string of the molecule is CN(Cc1ccccc1N1CCOCC1)C(=O)[C@@H](N)C(C)(C)C. The molecule has 0 radical (unpaired) electrons. The number of nitrogens with two attached hydrogens (primary N) is 1. The second-order valence-corrected chi connectivity index (χ2v) is 7.27. The molecule has 1 atom stereocenters. The van der Waals surface area contributed by atoms with E-state index in [2.05, 4.69) is 17.0 Å². The Morgan fingerprint density at radius 3 is 2.52 bits per heavy atom. The third-order valence-electron chi connectivity index (χ3n) is 4.33. The summed E-state index contributed by atoms with van der Waals surface area (Å²) in [4.78, 5) is 16.6. The highest BCUT2D eigenvalue weighted by molar-refractivity contribution is 5.82. The van der Waals surface area contributed by atoms with Crippen LogP contribution in [0.2, 0.25) is 0 Å². The van der Waals surface area contributed by atoms with Gasteiger partial charge < -0.3 is 20.3 Å².